The van der Waals surface area contributed by atoms with Crippen LogP contribution < -0.4 is 21.1 Å². The average Bonchev–Trinajstić information content (AvgIpc) is 2.81. The fourth-order valence-corrected chi connectivity index (χ4v) is 4.24. The molecule has 32 heavy (non-hydrogen) atoms. The van der Waals surface area contributed by atoms with E-state index in [1.807, 2.05) is 13.0 Å². The van der Waals surface area contributed by atoms with Crippen molar-refractivity contribution in [2.45, 2.75) is 13.0 Å². The summed E-state index contributed by atoms with van der Waals surface area (Å²) in [7, 11) is -0.885. The first-order valence-electron chi connectivity index (χ1n) is 9.57. The van der Waals surface area contributed by atoms with E-state index in [-0.39, 0.29) is 17.8 Å². The molecule has 1 amide bonds. The number of pyridine rings is 1. The van der Waals surface area contributed by atoms with E-state index in [1.54, 1.807) is 42.5 Å². The molecule has 0 bridgehead atoms. The first-order valence-corrected chi connectivity index (χ1v) is 11.5. The van der Waals surface area contributed by atoms with Crippen LogP contribution in [0, 0.1) is 0 Å². The number of anilines is 2. The molecule has 2 aromatic carbocycles. The minimum atomic E-state index is -3.47. The highest BCUT2D eigenvalue weighted by atomic mass is 35.5. The summed E-state index contributed by atoms with van der Waals surface area (Å²) >= 11 is 5.97. The largest absolute Gasteiger partial charge is 0.482 e. The number of carbonyl (C=O) groups is 1. The van der Waals surface area contributed by atoms with E-state index >= 15 is 0 Å². The summed E-state index contributed by atoms with van der Waals surface area (Å²) in [6, 6.07) is 15.1. The van der Waals surface area contributed by atoms with Crippen LogP contribution in [-0.4, -0.2) is 25.1 Å². The van der Waals surface area contributed by atoms with E-state index in [0.29, 0.717) is 27.3 Å². The highest BCUT2D eigenvalue weighted by Crippen LogP contribution is 2.45. The number of hydrogen-bond donors (Lipinski definition) is 2. The number of aromatic nitrogens is 1. The van der Waals surface area contributed by atoms with Gasteiger partial charge in [0, 0.05) is 37.7 Å². The van der Waals surface area contributed by atoms with Gasteiger partial charge in [-0.3, -0.25) is 9.36 Å². The predicted octanol–water partition coefficient (Wildman–Crippen LogP) is 4.82. The zero-order valence-electron chi connectivity index (χ0n) is 17.7. The van der Waals surface area contributed by atoms with Gasteiger partial charge in [0.15, 0.2) is 11.6 Å². The molecular formula is C22H23ClN3O5P. The summed E-state index contributed by atoms with van der Waals surface area (Å²) in [6.07, 6.45) is 1.06. The zero-order valence-corrected chi connectivity index (χ0v) is 19.4. The van der Waals surface area contributed by atoms with Crippen LogP contribution >= 0.6 is 19.2 Å². The minimum absolute atomic E-state index is 0.231. The topological polar surface area (TPSA) is 113 Å². The number of halogens is 1. The molecule has 168 valence electrons. The van der Waals surface area contributed by atoms with Crippen LogP contribution in [0.25, 0.3) is 0 Å². The lowest BCUT2D eigenvalue weighted by atomic mass is 10.1. The van der Waals surface area contributed by atoms with Crippen LogP contribution in [0.5, 0.6) is 5.75 Å². The van der Waals surface area contributed by atoms with Crippen molar-refractivity contribution in [1.82, 2.24) is 4.98 Å². The maximum atomic E-state index is 12.8. The van der Waals surface area contributed by atoms with Gasteiger partial charge in [0.1, 0.15) is 6.10 Å². The van der Waals surface area contributed by atoms with Crippen LogP contribution in [0.1, 0.15) is 28.9 Å². The maximum Gasteiger partial charge on any atom is 0.360 e. The molecule has 0 spiro atoms. The Morgan fingerprint density at radius 1 is 1.12 bits per heavy atom. The summed E-state index contributed by atoms with van der Waals surface area (Å²) in [5, 5.41) is 3.53. The van der Waals surface area contributed by atoms with Crippen molar-refractivity contribution in [3.63, 3.8) is 0 Å². The van der Waals surface area contributed by atoms with Gasteiger partial charge in [-0.1, -0.05) is 29.8 Å². The van der Waals surface area contributed by atoms with Crippen molar-refractivity contribution in [3.8, 4) is 5.75 Å². The highest BCUT2D eigenvalue weighted by molar-refractivity contribution is 7.62. The summed E-state index contributed by atoms with van der Waals surface area (Å²) in [6.45, 7) is 1.85. The number of nitrogen functional groups attached to an aromatic ring is 1. The SMILES string of the molecule is COP(=O)(OC)c1cccc(C(=O)Nc2cccc([C@@H](C)Oc3cc(Cl)cnc3N)c2)c1. The van der Waals surface area contributed by atoms with Gasteiger partial charge in [-0.15, -0.1) is 0 Å². The van der Waals surface area contributed by atoms with Crippen molar-refractivity contribution < 1.29 is 23.1 Å². The fraction of sp³-hybridized carbons (Fsp3) is 0.182. The molecule has 3 rings (SSSR count). The van der Waals surface area contributed by atoms with Gasteiger partial charge in [-0.25, -0.2) is 4.98 Å². The van der Waals surface area contributed by atoms with Gasteiger partial charge in [0.05, 0.1) is 10.3 Å². The summed E-state index contributed by atoms with van der Waals surface area (Å²) < 4.78 is 28.5. The summed E-state index contributed by atoms with van der Waals surface area (Å²) in [5.74, 6) is 0.228. The lowest BCUT2D eigenvalue weighted by molar-refractivity contribution is 0.102. The normalized spacial score (nSPS) is 12.2. The van der Waals surface area contributed by atoms with Gasteiger partial charge in [-0.2, -0.15) is 0 Å². The Labute approximate surface area is 191 Å². The number of nitrogens with zero attached hydrogens (tertiary/aromatic N) is 1. The third-order valence-corrected chi connectivity index (χ3v) is 6.75. The summed E-state index contributed by atoms with van der Waals surface area (Å²) in [4.78, 5) is 16.7. The minimum Gasteiger partial charge on any atom is -0.482 e. The van der Waals surface area contributed by atoms with Gasteiger partial charge >= 0.3 is 7.60 Å². The maximum absolute atomic E-state index is 12.8. The quantitative estimate of drug-likeness (QED) is 0.449. The molecule has 0 aliphatic heterocycles. The zero-order chi connectivity index (χ0) is 23.3. The van der Waals surface area contributed by atoms with Crippen molar-refractivity contribution in [2.75, 3.05) is 25.3 Å². The van der Waals surface area contributed by atoms with Crippen LogP contribution in [0.2, 0.25) is 5.02 Å². The fourth-order valence-electron chi connectivity index (χ4n) is 2.96. The van der Waals surface area contributed by atoms with Crippen molar-refractivity contribution in [1.29, 1.82) is 0 Å². The van der Waals surface area contributed by atoms with Gasteiger partial charge in [-0.05, 0) is 42.8 Å². The number of rotatable bonds is 8. The molecule has 0 aliphatic carbocycles. The molecule has 3 aromatic rings. The number of carbonyl (C=O) groups excluding carboxylic acids is 1. The number of amides is 1. The van der Waals surface area contributed by atoms with Crippen LogP contribution in [0.3, 0.4) is 0 Å². The molecule has 0 radical (unpaired) electrons. The highest BCUT2D eigenvalue weighted by Gasteiger charge is 2.25. The Morgan fingerprint density at radius 2 is 1.84 bits per heavy atom. The smallest absolute Gasteiger partial charge is 0.360 e. The molecule has 3 N–H and O–H groups in total. The number of nitrogens with two attached hydrogens (primary N) is 1. The Balaban J connectivity index is 1.77. The van der Waals surface area contributed by atoms with E-state index in [0.717, 1.165) is 5.56 Å². The Kier molecular flexibility index (Phi) is 7.53. The molecule has 0 aliphatic rings. The second-order valence-electron chi connectivity index (χ2n) is 6.79. The van der Waals surface area contributed by atoms with E-state index in [1.165, 1.54) is 26.5 Å². The lowest BCUT2D eigenvalue weighted by Crippen LogP contribution is -2.16. The van der Waals surface area contributed by atoms with Gasteiger partial charge in [0.25, 0.3) is 5.91 Å². The predicted molar refractivity (Wildman–Crippen MR) is 125 cm³/mol. The van der Waals surface area contributed by atoms with E-state index < -0.39 is 7.60 Å². The first-order chi connectivity index (χ1) is 15.3. The molecule has 8 nitrogen and oxygen atoms in total. The monoisotopic (exact) mass is 475 g/mol. The standard InChI is InChI=1S/C22H23ClN3O5P/c1-14(31-20-12-17(23)13-25-21(20)24)15-6-4-8-18(10-15)26-22(27)16-7-5-9-19(11-16)32(28,29-2)30-3/h4-14H,1-3H3,(H2,24,25)(H,26,27)/t14-/m1/s1. The molecule has 0 fully saturated rings. The Hall–Kier alpha value is -2.90. The van der Waals surface area contributed by atoms with E-state index in [4.69, 9.17) is 31.1 Å². The Morgan fingerprint density at radius 3 is 2.56 bits per heavy atom. The number of nitrogens with one attached hydrogen (secondary N) is 1. The molecule has 1 aromatic heterocycles. The average molecular weight is 476 g/mol. The lowest BCUT2D eigenvalue weighted by Gasteiger charge is -2.17. The summed E-state index contributed by atoms with van der Waals surface area (Å²) in [5.41, 5.74) is 7.53. The molecule has 10 heteroatoms. The molecule has 0 saturated heterocycles. The Bertz CT molecular complexity index is 1170. The van der Waals surface area contributed by atoms with Crippen LogP contribution in [0.4, 0.5) is 11.5 Å². The number of hydrogen-bond acceptors (Lipinski definition) is 7. The third-order valence-electron chi connectivity index (χ3n) is 4.67. The second-order valence-corrected chi connectivity index (χ2v) is 9.47. The molecule has 0 unspecified atom stereocenters. The van der Waals surface area contributed by atoms with Crippen molar-refractivity contribution in [3.05, 3.63) is 76.9 Å². The van der Waals surface area contributed by atoms with Gasteiger partial charge in [0.2, 0.25) is 0 Å². The number of benzene rings is 2. The molecule has 1 atom stereocenters. The van der Waals surface area contributed by atoms with E-state index in [2.05, 4.69) is 10.3 Å². The van der Waals surface area contributed by atoms with Crippen LogP contribution in [-0.2, 0) is 13.6 Å². The van der Waals surface area contributed by atoms with Crippen LogP contribution in [0.15, 0.2) is 60.8 Å². The molecular weight excluding hydrogens is 453 g/mol. The molecule has 1 heterocycles. The molecule has 0 saturated carbocycles. The van der Waals surface area contributed by atoms with Crippen molar-refractivity contribution in [2.24, 2.45) is 0 Å². The number of ether oxygens (including phenoxy) is 1. The van der Waals surface area contributed by atoms with Gasteiger partial charge < -0.3 is 24.8 Å². The van der Waals surface area contributed by atoms with E-state index in [9.17, 15) is 9.36 Å². The van der Waals surface area contributed by atoms with Crippen molar-refractivity contribution >= 4 is 41.9 Å². The third kappa shape index (κ3) is 5.47. The second kappa shape index (κ2) is 10.1. The first kappa shape index (κ1) is 23.8.